The van der Waals surface area contributed by atoms with Crippen molar-refractivity contribution in [1.82, 2.24) is 5.32 Å². The van der Waals surface area contributed by atoms with Crippen LogP contribution in [0.2, 0.25) is 5.02 Å². The minimum Gasteiger partial charge on any atom is -0.306 e. The fourth-order valence-electron chi connectivity index (χ4n) is 2.14. The van der Waals surface area contributed by atoms with E-state index in [2.05, 4.69) is 5.32 Å². The molecule has 1 unspecified atom stereocenters. The fraction of sp³-hybridized carbons (Fsp3) is 0.250. The predicted octanol–water partition coefficient (Wildman–Crippen LogP) is 5.00. The van der Waals surface area contributed by atoms with Gasteiger partial charge in [0.15, 0.2) is 17.5 Å². The second-order valence-electron chi connectivity index (χ2n) is 4.77. The predicted molar refractivity (Wildman–Crippen MR) is 77.6 cm³/mol. The lowest BCUT2D eigenvalue weighted by Gasteiger charge is -2.18. The first-order valence-electron chi connectivity index (χ1n) is 6.63. The maximum Gasteiger partial charge on any atom is 0.194 e. The summed E-state index contributed by atoms with van der Waals surface area (Å²) >= 11 is 5.84. The monoisotopic (exact) mass is 313 g/mol. The van der Waals surface area contributed by atoms with Gasteiger partial charge in [-0.15, -0.1) is 0 Å². The van der Waals surface area contributed by atoms with Gasteiger partial charge in [-0.1, -0.05) is 30.7 Å². The molecule has 0 spiro atoms. The normalized spacial score (nSPS) is 12.4. The van der Waals surface area contributed by atoms with Crippen molar-refractivity contribution < 1.29 is 13.2 Å². The van der Waals surface area contributed by atoms with Crippen molar-refractivity contribution in [3.8, 4) is 0 Å². The molecule has 1 N–H and O–H groups in total. The third-order valence-electron chi connectivity index (χ3n) is 3.28. The van der Waals surface area contributed by atoms with Gasteiger partial charge in [-0.25, -0.2) is 13.2 Å². The van der Waals surface area contributed by atoms with Gasteiger partial charge in [0, 0.05) is 17.6 Å². The fourth-order valence-corrected chi connectivity index (χ4v) is 2.27. The minimum atomic E-state index is -1.44. The third-order valence-corrected chi connectivity index (χ3v) is 3.53. The van der Waals surface area contributed by atoms with Crippen molar-refractivity contribution in [3.05, 3.63) is 70.0 Å². The highest BCUT2D eigenvalue weighted by molar-refractivity contribution is 6.30. The standard InChI is InChI=1S/C16H15ClF3N/c1-2-15(11-3-5-12(17)6-4-11)21-9-10-7-13(18)16(20)14(19)8-10/h3-8,15,21H,2,9H2,1H3. The Morgan fingerprint density at radius 3 is 2.14 bits per heavy atom. The van der Waals surface area contributed by atoms with Gasteiger partial charge in [0.05, 0.1) is 0 Å². The van der Waals surface area contributed by atoms with Crippen LogP contribution in [0.1, 0.15) is 30.5 Å². The Hall–Kier alpha value is -1.52. The van der Waals surface area contributed by atoms with E-state index in [1.807, 2.05) is 19.1 Å². The van der Waals surface area contributed by atoms with E-state index in [-0.39, 0.29) is 12.6 Å². The zero-order valence-electron chi connectivity index (χ0n) is 11.5. The van der Waals surface area contributed by atoms with Crippen molar-refractivity contribution >= 4 is 11.6 Å². The molecule has 2 rings (SSSR count). The Labute approximate surface area is 126 Å². The molecule has 5 heteroatoms. The van der Waals surface area contributed by atoms with Crippen LogP contribution in [0.4, 0.5) is 13.2 Å². The average molecular weight is 314 g/mol. The van der Waals surface area contributed by atoms with Gasteiger partial charge < -0.3 is 5.32 Å². The van der Waals surface area contributed by atoms with Gasteiger partial charge >= 0.3 is 0 Å². The molecule has 2 aromatic rings. The quantitative estimate of drug-likeness (QED) is 0.766. The van der Waals surface area contributed by atoms with Gasteiger partial charge in [-0.05, 0) is 41.8 Å². The summed E-state index contributed by atoms with van der Waals surface area (Å²) in [4.78, 5) is 0. The maximum absolute atomic E-state index is 13.2. The summed E-state index contributed by atoms with van der Waals surface area (Å²) in [5, 5.41) is 3.85. The summed E-state index contributed by atoms with van der Waals surface area (Å²) in [6.45, 7) is 2.24. The molecule has 0 fully saturated rings. The van der Waals surface area contributed by atoms with E-state index in [0.29, 0.717) is 10.6 Å². The summed E-state index contributed by atoms with van der Waals surface area (Å²) in [5.74, 6) is -3.79. The number of hydrogen-bond donors (Lipinski definition) is 1. The van der Waals surface area contributed by atoms with E-state index in [1.54, 1.807) is 12.1 Å². The van der Waals surface area contributed by atoms with E-state index < -0.39 is 17.5 Å². The molecule has 0 saturated carbocycles. The first kappa shape index (κ1) is 15.9. The first-order valence-corrected chi connectivity index (χ1v) is 7.01. The molecular weight excluding hydrogens is 299 g/mol. The van der Waals surface area contributed by atoms with Crippen LogP contribution in [0, 0.1) is 17.5 Å². The van der Waals surface area contributed by atoms with Crippen LogP contribution in [-0.2, 0) is 6.54 Å². The number of benzene rings is 2. The molecule has 0 heterocycles. The Morgan fingerprint density at radius 2 is 1.62 bits per heavy atom. The lowest BCUT2D eigenvalue weighted by atomic mass is 10.0. The van der Waals surface area contributed by atoms with Crippen molar-refractivity contribution in [2.75, 3.05) is 0 Å². The molecule has 0 amide bonds. The maximum atomic E-state index is 13.2. The molecule has 0 bridgehead atoms. The van der Waals surface area contributed by atoms with Gasteiger partial charge in [0.1, 0.15) is 0 Å². The van der Waals surface area contributed by atoms with E-state index in [4.69, 9.17) is 11.6 Å². The summed E-state index contributed by atoms with van der Waals surface area (Å²) < 4.78 is 39.2. The molecule has 0 radical (unpaired) electrons. The highest BCUT2D eigenvalue weighted by Crippen LogP contribution is 2.20. The zero-order valence-corrected chi connectivity index (χ0v) is 12.2. The van der Waals surface area contributed by atoms with Gasteiger partial charge in [-0.2, -0.15) is 0 Å². The van der Waals surface area contributed by atoms with Crippen molar-refractivity contribution in [3.63, 3.8) is 0 Å². The highest BCUT2D eigenvalue weighted by Gasteiger charge is 2.12. The largest absolute Gasteiger partial charge is 0.306 e. The second-order valence-corrected chi connectivity index (χ2v) is 5.20. The molecule has 1 atom stereocenters. The second kappa shape index (κ2) is 6.96. The third kappa shape index (κ3) is 3.99. The smallest absolute Gasteiger partial charge is 0.194 e. The molecule has 112 valence electrons. The van der Waals surface area contributed by atoms with Crippen molar-refractivity contribution in [2.45, 2.75) is 25.9 Å². The van der Waals surface area contributed by atoms with Crippen LogP contribution in [0.25, 0.3) is 0 Å². The van der Waals surface area contributed by atoms with Crippen molar-refractivity contribution in [1.29, 1.82) is 0 Å². The lowest BCUT2D eigenvalue weighted by Crippen LogP contribution is -2.20. The SMILES string of the molecule is CCC(NCc1cc(F)c(F)c(F)c1)c1ccc(Cl)cc1. The minimum absolute atomic E-state index is 0.0263. The van der Waals surface area contributed by atoms with E-state index in [0.717, 1.165) is 24.1 Å². The Morgan fingerprint density at radius 1 is 1.05 bits per heavy atom. The topological polar surface area (TPSA) is 12.0 Å². The van der Waals surface area contributed by atoms with Crippen LogP contribution in [0.15, 0.2) is 36.4 Å². The number of rotatable bonds is 5. The summed E-state index contributed by atoms with van der Waals surface area (Å²) in [5.41, 5.74) is 1.39. The molecule has 21 heavy (non-hydrogen) atoms. The van der Waals surface area contributed by atoms with Gasteiger partial charge in [-0.3, -0.25) is 0 Å². The number of hydrogen-bond acceptors (Lipinski definition) is 1. The molecule has 0 aromatic heterocycles. The average Bonchev–Trinajstić information content (AvgIpc) is 2.47. The van der Waals surface area contributed by atoms with Crippen LogP contribution < -0.4 is 5.32 Å². The molecule has 1 nitrogen and oxygen atoms in total. The number of nitrogens with one attached hydrogen (secondary N) is 1. The Bertz CT molecular complexity index is 590. The Balaban J connectivity index is 2.08. The van der Waals surface area contributed by atoms with E-state index in [9.17, 15) is 13.2 Å². The molecule has 2 aromatic carbocycles. The zero-order chi connectivity index (χ0) is 15.4. The molecule has 0 saturated heterocycles. The van der Waals surface area contributed by atoms with E-state index >= 15 is 0 Å². The summed E-state index contributed by atoms with van der Waals surface area (Å²) in [6.07, 6.45) is 0.799. The Kier molecular flexibility index (Phi) is 5.26. The van der Waals surface area contributed by atoms with Gasteiger partial charge in [0.2, 0.25) is 0 Å². The molecule has 0 aliphatic rings. The van der Waals surface area contributed by atoms with Gasteiger partial charge in [0.25, 0.3) is 0 Å². The number of halogens is 4. The van der Waals surface area contributed by atoms with Crippen LogP contribution in [0.3, 0.4) is 0 Å². The molecular formula is C16H15ClF3N. The molecule has 0 aliphatic carbocycles. The van der Waals surface area contributed by atoms with Crippen LogP contribution >= 0.6 is 11.6 Å². The van der Waals surface area contributed by atoms with Crippen LogP contribution in [0.5, 0.6) is 0 Å². The summed E-state index contributed by atoms with van der Waals surface area (Å²) in [7, 11) is 0. The first-order chi connectivity index (χ1) is 10.0. The molecule has 0 aliphatic heterocycles. The van der Waals surface area contributed by atoms with E-state index in [1.165, 1.54) is 0 Å². The summed E-state index contributed by atoms with van der Waals surface area (Å²) in [6, 6.07) is 9.40. The lowest BCUT2D eigenvalue weighted by molar-refractivity contribution is 0.442. The highest BCUT2D eigenvalue weighted by atomic mass is 35.5. The van der Waals surface area contributed by atoms with Crippen molar-refractivity contribution in [2.24, 2.45) is 0 Å². The van der Waals surface area contributed by atoms with Crippen LogP contribution in [-0.4, -0.2) is 0 Å².